The quantitative estimate of drug-likeness (QED) is 0.509. The Bertz CT molecular complexity index is 938. The number of aliphatic hydroxyl groups excluding tert-OH is 1. The number of fused-ring (bicyclic) bond motifs is 1. The van der Waals surface area contributed by atoms with Gasteiger partial charge >= 0.3 is 11.9 Å². The summed E-state index contributed by atoms with van der Waals surface area (Å²) in [5.41, 5.74) is 2.75. The van der Waals surface area contributed by atoms with E-state index >= 15 is 0 Å². The Morgan fingerprint density at radius 2 is 1.77 bits per heavy atom. The molecule has 0 radical (unpaired) electrons. The minimum atomic E-state index is -0.649. The highest BCUT2D eigenvalue weighted by atomic mass is 16.5. The zero-order valence-corrected chi connectivity index (χ0v) is 17.0. The van der Waals surface area contributed by atoms with Crippen molar-refractivity contribution in [2.24, 2.45) is 0 Å². The molecule has 2 aromatic rings. The van der Waals surface area contributed by atoms with Crippen LogP contribution in [0, 0.1) is 0 Å². The van der Waals surface area contributed by atoms with Gasteiger partial charge < -0.3 is 24.6 Å². The standard InChI is InChI=1S/C23H25NO6/c1-3-28-20(26)13-18-17-12-16(15-8-6-5-7-9-15)10-11-19(17)30-22(24-14-25)21(18)23(27)29-4-2/h5-12,18,24-25H,3-4,13-14H2,1-2H3. The molecule has 0 spiro atoms. The molecule has 0 bridgehead atoms. The van der Waals surface area contributed by atoms with E-state index in [0.29, 0.717) is 11.3 Å². The van der Waals surface area contributed by atoms with Crippen molar-refractivity contribution >= 4 is 11.9 Å². The summed E-state index contributed by atoms with van der Waals surface area (Å²) >= 11 is 0. The van der Waals surface area contributed by atoms with Gasteiger partial charge in [0.1, 0.15) is 18.1 Å². The summed E-state index contributed by atoms with van der Waals surface area (Å²) in [6.07, 6.45) is -0.0623. The largest absolute Gasteiger partial charge is 0.466 e. The highest BCUT2D eigenvalue weighted by Crippen LogP contribution is 2.43. The van der Waals surface area contributed by atoms with E-state index in [9.17, 15) is 14.7 Å². The summed E-state index contributed by atoms with van der Waals surface area (Å²) in [4.78, 5) is 25.1. The molecule has 0 amide bonds. The van der Waals surface area contributed by atoms with Crippen LogP contribution < -0.4 is 10.1 Å². The molecule has 0 aliphatic carbocycles. The maximum Gasteiger partial charge on any atom is 0.340 e. The van der Waals surface area contributed by atoms with Crippen LogP contribution in [0.25, 0.3) is 11.1 Å². The molecule has 1 atom stereocenters. The summed E-state index contributed by atoms with van der Waals surface area (Å²) in [6, 6.07) is 15.4. The van der Waals surface area contributed by atoms with Crippen LogP contribution in [-0.4, -0.2) is 37.0 Å². The topological polar surface area (TPSA) is 94.1 Å². The molecule has 1 unspecified atom stereocenters. The molecule has 7 nitrogen and oxygen atoms in total. The van der Waals surface area contributed by atoms with Crippen molar-refractivity contribution in [1.29, 1.82) is 0 Å². The van der Waals surface area contributed by atoms with E-state index in [1.165, 1.54) is 0 Å². The van der Waals surface area contributed by atoms with Gasteiger partial charge in [0, 0.05) is 11.5 Å². The van der Waals surface area contributed by atoms with Gasteiger partial charge in [-0.05, 0) is 37.1 Å². The summed E-state index contributed by atoms with van der Waals surface area (Å²) in [5, 5.41) is 12.0. The molecule has 1 aliphatic rings. The molecule has 158 valence electrons. The Labute approximate surface area is 175 Å². The van der Waals surface area contributed by atoms with Gasteiger partial charge in [0.05, 0.1) is 19.6 Å². The van der Waals surface area contributed by atoms with Gasteiger partial charge in [0.2, 0.25) is 5.88 Å². The maximum absolute atomic E-state index is 12.8. The van der Waals surface area contributed by atoms with Gasteiger partial charge in [-0.25, -0.2) is 4.79 Å². The van der Waals surface area contributed by atoms with Crippen LogP contribution in [0.5, 0.6) is 5.75 Å². The lowest BCUT2D eigenvalue weighted by atomic mass is 9.84. The number of ether oxygens (including phenoxy) is 3. The van der Waals surface area contributed by atoms with Crippen LogP contribution in [0.3, 0.4) is 0 Å². The van der Waals surface area contributed by atoms with Crippen LogP contribution in [0.2, 0.25) is 0 Å². The monoisotopic (exact) mass is 411 g/mol. The Morgan fingerprint density at radius 1 is 1.03 bits per heavy atom. The molecule has 7 heteroatoms. The van der Waals surface area contributed by atoms with E-state index in [4.69, 9.17) is 14.2 Å². The lowest BCUT2D eigenvalue weighted by Gasteiger charge is -2.29. The summed E-state index contributed by atoms with van der Waals surface area (Å²) in [5.74, 6) is -1.13. The summed E-state index contributed by atoms with van der Waals surface area (Å²) < 4.78 is 16.2. The second-order valence-corrected chi connectivity index (χ2v) is 6.58. The van der Waals surface area contributed by atoms with Crippen LogP contribution >= 0.6 is 0 Å². The number of carbonyl (C=O) groups is 2. The number of carbonyl (C=O) groups excluding carboxylic acids is 2. The first kappa shape index (κ1) is 21.4. The van der Waals surface area contributed by atoms with Gasteiger partial charge in [-0.2, -0.15) is 0 Å². The molecule has 0 saturated heterocycles. The van der Waals surface area contributed by atoms with Crippen LogP contribution in [-0.2, 0) is 19.1 Å². The molecule has 0 saturated carbocycles. The van der Waals surface area contributed by atoms with Crippen molar-refractivity contribution in [1.82, 2.24) is 5.32 Å². The van der Waals surface area contributed by atoms with Crippen molar-refractivity contribution in [3.8, 4) is 16.9 Å². The third-order valence-electron chi connectivity index (χ3n) is 4.71. The summed E-state index contributed by atoms with van der Waals surface area (Å²) in [7, 11) is 0. The number of aliphatic hydroxyl groups is 1. The fourth-order valence-corrected chi connectivity index (χ4v) is 3.45. The SMILES string of the molecule is CCOC(=O)CC1C(C(=O)OCC)=C(NCO)Oc2ccc(-c3ccccc3)cc21. The fourth-order valence-electron chi connectivity index (χ4n) is 3.45. The molecule has 0 aromatic heterocycles. The normalized spacial score (nSPS) is 15.1. The Morgan fingerprint density at radius 3 is 2.43 bits per heavy atom. The molecule has 1 aliphatic heterocycles. The van der Waals surface area contributed by atoms with Crippen LogP contribution in [0.4, 0.5) is 0 Å². The minimum absolute atomic E-state index is 0.0623. The predicted octanol–water partition coefficient (Wildman–Crippen LogP) is 3.10. The molecule has 2 N–H and O–H groups in total. The first-order valence-electron chi connectivity index (χ1n) is 9.87. The first-order valence-corrected chi connectivity index (χ1v) is 9.87. The second-order valence-electron chi connectivity index (χ2n) is 6.58. The zero-order chi connectivity index (χ0) is 21.5. The Hall–Kier alpha value is -3.32. The zero-order valence-electron chi connectivity index (χ0n) is 17.0. The number of rotatable bonds is 8. The third kappa shape index (κ3) is 4.63. The van der Waals surface area contributed by atoms with Crippen molar-refractivity contribution < 1.29 is 28.9 Å². The highest BCUT2D eigenvalue weighted by Gasteiger charge is 2.37. The van der Waals surface area contributed by atoms with E-state index in [1.807, 2.05) is 42.5 Å². The maximum atomic E-state index is 12.8. The molecule has 3 rings (SSSR count). The van der Waals surface area contributed by atoms with Crippen molar-refractivity contribution in [3.63, 3.8) is 0 Å². The predicted molar refractivity (Wildman–Crippen MR) is 110 cm³/mol. The van der Waals surface area contributed by atoms with Gasteiger partial charge in [-0.3, -0.25) is 4.79 Å². The smallest absolute Gasteiger partial charge is 0.340 e. The summed E-state index contributed by atoms with van der Waals surface area (Å²) in [6.45, 7) is 3.38. The number of nitrogens with one attached hydrogen (secondary N) is 1. The van der Waals surface area contributed by atoms with Crippen molar-refractivity contribution in [2.45, 2.75) is 26.2 Å². The van der Waals surface area contributed by atoms with Crippen molar-refractivity contribution in [3.05, 3.63) is 65.6 Å². The van der Waals surface area contributed by atoms with Gasteiger partial charge in [0.15, 0.2) is 0 Å². The second kappa shape index (κ2) is 9.93. The average Bonchev–Trinajstić information content (AvgIpc) is 2.74. The number of hydrogen-bond acceptors (Lipinski definition) is 7. The number of benzene rings is 2. The lowest BCUT2D eigenvalue weighted by molar-refractivity contribution is -0.143. The lowest BCUT2D eigenvalue weighted by Crippen LogP contribution is -2.31. The molecule has 0 fully saturated rings. The molecule has 2 aromatic carbocycles. The molecular formula is C23H25NO6. The molecule has 30 heavy (non-hydrogen) atoms. The van der Waals surface area contributed by atoms with E-state index in [-0.39, 0.29) is 31.1 Å². The first-order chi connectivity index (χ1) is 14.6. The fraction of sp³-hybridized carbons (Fsp3) is 0.304. The van der Waals surface area contributed by atoms with E-state index < -0.39 is 24.6 Å². The average molecular weight is 411 g/mol. The molecule has 1 heterocycles. The van der Waals surface area contributed by atoms with Gasteiger partial charge in [-0.1, -0.05) is 36.4 Å². The van der Waals surface area contributed by atoms with Crippen LogP contribution in [0.15, 0.2) is 60.0 Å². The van der Waals surface area contributed by atoms with E-state index in [0.717, 1.165) is 11.1 Å². The van der Waals surface area contributed by atoms with Gasteiger partial charge in [0.25, 0.3) is 0 Å². The molecular weight excluding hydrogens is 386 g/mol. The van der Waals surface area contributed by atoms with E-state index in [1.54, 1.807) is 19.9 Å². The highest BCUT2D eigenvalue weighted by molar-refractivity contribution is 5.93. The van der Waals surface area contributed by atoms with Crippen LogP contribution in [0.1, 0.15) is 31.7 Å². The number of esters is 2. The Kier molecular flexibility index (Phi) is 7.08. The van der Waals surface area contributed by atoms with Crippen molar-refractivity contribution in [2.75, 3.05) is 19.9 Å². The number of hydrogen-bond donors (Lipinski definition) is 2. The Balaban J connectivity index is 2.11. The minimum Gasteiger partial charge on any atom is -0.466 e. The van der Waals surface area contributed by atoms with E-state index in [2.05, 4.69) is 5.32 Å². The third-order valence-corrected chi connectivity index (χ3v) is 4.71. The van der Waals surface area contributed by atoms with Gasteiger partial charge in [-0.15, -0.1) is 0 Å².